The summed E-state index contributed by atoms with van der Waals surface area (Å²) >= 11 is 0. The molecule has 17 nitrogen and oxygen atoms in total. The van der Waals surface area contributed by atoms with Gasteiger partial charge in [0, 0.05) is 60.4 Å². The third kappa shape index (κ3) is 7.39. The number of carbonyl (C=O) groups is 1. The summed E-state index contributed by atoms with van der Waals surface area (Å²) in [5.74, 6) is -0.719. The molecular formula is C40H32F2N12O5. The van der Waals surface area contributed by atoms with Crippen LogP contribution in [0, 0.1) is 25.5 Å². The third-order valence-electron chi connectivity index (χ3n) is 9.44. The SMILES string of the molecule is Cc1cc(-c2cc(F)c3nnc([C@@H](C)n4ccc5ncccc5c4=O)n3c2)on1.Cc1cc(-c2cnc(NNC(=O)[C@@H](C)n3ccc4ncccc4c3=O)c(F)c2)on1. The average molecular weight is 799 g/mol. The van der Waals surface area contributed by atoms with Crippen LogP contribution < -0.4 is 22.0 Å². The van der Waals surface area contributed by atoms with Crippen molar-refractivity contribution in [1.29, 1.82) is 0 Å². The van der Waals surface area contributed by atoms with Crippen LogP contribution in [0.4, 0.5) is 14.6 Å². The van der Waals surface area contributed by atoms with Crippen molar-refractivity contribution in [1.82, 2.24) is 54.4 Å². The van der Waals surface area contributed by atoms with Crippen LogP contribution in [0.2, 0.25) is 0 Å². The normalized spacial score (nSPS) is 12.3. The monoisotopic (exact) mass is 798 g/mol. The summed E-state index contributed by atoms with van der Waals surface area (Å²) in [5, 5.41) is 16.6. The molecule has 59 heavy (non-hydrogen) atoms. The first kappa shape index (κ1) is 37.9. The molecule has 0 unspecified atom stereocenters. The van der Waals surface area contributed by atoms with Crippen molar-refractivity contribution >= 4 is 39.2 Å². The number of nitrogens with zero attached hydrogens (tertiary/aromatic N) is 10. The zero-order valence-corrected chi connectivity index (χ0v) is 31.7. The molecule has 2 N–H and O–H groups in total. The predicted octanol–water partition coefficient (Wildman–Crippen LogP) is 5.75. The lowest BCUT2D eigenvalue weighted by molar-refractivity contribution is -0.123. The van der Waals surface area contributed by atoms with E-state index in [4.69, 9.17) is 9.05 Å². The van der Waals surface area contributed by atoms with Gasteiger partial charge < -0.3 is 18.2 Å². The molecule has 0 saturated carbocycles. The van der Waals surface area contributed by atoms with Crippen molar-refractivity contribution in [2.75, 3.05) is 5.43 Å². The fourth-order valence-corrected chi connectivity index (χ4v) is 6.32. The van der Waals surface area contributed by atoms with Crippen LogP contribution in [-0.2, 0) is 4.79 Å². The van der Waals surface area contributed by atoms with Crippen molar-refractivity contribution in [3.8, 4) is 22.6 Å². The molecule has 0 aliphatic heterocycles. The standard InChI is InChI=1S/C20H17FN6O3.C20H15FN6O2/c1-11-8-17(30-26-11)13-9-15(21)18(23-10-13)24-25-19(28)12(2)27-7-5-16-14(20(27)29)4-3-6-22-16;1-11-8-17(29-25-11)13-9-15(21)19-24-23-18(27(19)10-13)12(2)26-7-5-16-14(20(26)28)4-3-6-22-16/h3-10,12H,1-2H3,(H,23,24)(H,25,28);3-10,12H,1-2H3/t2*12-/m11/s1. The fourth-order valence-electron chi connectivity index (χ4n) is 6.32. The summed E-state index contributed by atoms with van der Waals surface area (Å²) in [7, 11) is 0. The summed E-state index contributed by atoms with van der Waals surface area (Å²) in [6.07, 6.45) is 9.44. The van der Waals surface area contributed by atoms with Crippen molar-refractivity contribution < 1.29 is 22.6 Å². The largest absolute Gasteiger partial charge is 0.356 e. The van der Waals surface area contributed by atoms with Crippen LogP contribution in [0.25, 0.3) is 50.1 Å². The molecule has 0 fully saturated rings. The molecule has 0 saturated heterocycles. The number of aromatic nitrogens is 10. The summed E-state index contributed by atoms with van der Waals surface area (Å²) < 4.78 is 43.7. The lowest BCUT2D eigenvalue weighted by atomic mass is 10.2. The van der Waals surface area contributed by atoms with Gasteiger partial charge in [0.2, 0.25) is 0 Å². The quantitative estimate of drug-likeness (QED) is 0.176. The molecule has 0 aliphatic carbocycles. The number of amides is 1. The number of aryl methyl sites for hydroxylation is 2. The summed E-state index contributed by atoms with van der Waals surface area (Å²) in [6, 6.07) is 14.7. The molecule has 0 bridgehead atoms. The number of carbonyl (C=O) groups excluding carboxylic acids is 1. The van der Waals surface area contributed by atoms with Gasteiger partial charge in [-0.05, 0) is 76.2 Å². The zero-order chi connectivity index (χ0) is 41.4. The Morgan fingerprint density at radius 3 is 1.95 bits per heavy atom. The van der Waals surface area contributed by atoms with Gasteiger partial charge in [0.1, 0.15) is 6.04 Å². The van der Waals surface area contributed by atoms with Gasteiger partial charge in [0.15, 0.2) is 40.4 Å². The average Bonchev–Trinajstić information content (AvgIpc) is 4.00. The van der Waals surface area contributed by atoms with E-state index in [2.05, 4.69) is 46.3 Å². The van der Waals surface area contributed by atoms with E-state index in [1.54, 1.807) is 94.1 Å². The number of fused-ring (bicyclic) bond motifs is 3. The molecule has 0 radical (unpaired) electrons. The van der Waals surface area contributed by atoms with Crippen molar-refractivity contribution in [3.63, 3.8) is 0 Å². The Balaban J connectivity index is 0.000000164. The molecule has 9 rings (SSSR count). The second-order valence-corrected chi connectivity index (χ2v) is 13.4. The molecule has 0 aliphatic rings. The Labute approximate surface area is 331 Å². The Morgan fingerprint density at radius 1 is 0.746 bits per heavy atom. The summed E-state index contributed by atoms with van der Waals surface area (Å²) in [6.45, 7) is 6.90. The van der Waals surface area contributed by atoms with Crippen LogP contribution in [-0.4, -0.2) is 54.9 Å². The summed E-state index contributed by atoms with van der Waals surface area (Å²) in [5.41, 5.74) is 7.75. The Morgan fingerprint density at radius 2 is 1.34 bits per heavy atom. The molecule has 0 spiro atoms. The number of hydrazine groups is 1. The van der Waals surface area contributed by atoms with Crippen molar-refractivity contribution in [2.45, 2.75) is 39.8 Å². The van der Waals surface area contributed by atoms with E-state index in [0.717, 1.165) is 0 Å². The van der Waals surface area contributed by atoms with E-state index in [9.17, 15) is 23.2 Å². The van der Waals surface area contributed by atoms with E-state index in [1.165, 1.54) is 38.1 Å². The molecule has 9 aromatic rings. The van der Waals surface area contributed by atoms with Crippen LogP contribution in [0.15, 0.2) is 116 Å². The third-order valence-corrected chi connectivity index (χ3v) is 9.44. The topological polar surface area (TPSA) is 206 Å². The molecule has 19 heteroatoms. The highest BCUT2D eigenvalue weighted by molar-refractivity contribution is 5.82. The molecule has 0 aromatic carbocycles. The van der Waals surface area contributed by atoms with E-state index in [1.807, 2.05) is 6.92 Å². The first-order chi connectivity index (χ1) is 28.5. The first-order valence-corrected chi connectivity index (χ1v) is 18.0. The second-order valence-electron chi connectivity index (χ2n) is 13.4. The number of nitrogens with one attached hydrogen (secondary N) is 2. The fraction of sp³-hybridized carbons (Fsp3) is 0.150. The van der Waals surface area contributed by atoms with Gasteiger partial charge in [-0.15, -0.1) is 10.2 Å². The maximum absolute atomic E-state index is 14.6. The van der Waals surface area contributed by atoms with E-state index in [0.29, 0.717) is 61.7 Å². The Hall–Kier alpha value is -7.96. The number of anilines is 1. The number of pyridine rings is 6. The van der Waals surface area contributed by atoms with Gasteiger partial charge in [0.25, 0.3) is 17.0 Å². The molecule has 296 valence electrons. The maximum Gasteiger partial charge on any atom is 0.261 e. The first-order valence-electron chi connectivity index (χ1n) is 18.0. The highest BCUT2D eigenvalue weighted by Crippen LogP contribution is 2.26. The lowest BCUT2D eigenvalue weighted by Gasteiger charge is -2.16. The van der Waals surface area contributed by atoms with Crippen LogP contribution >= 0.6 is 0 Å². The van der Waals surface area contributed by atoms with Gasteiger partial charge in [-0.2, -0.15) is 0 Å². The maximum atomic E-state index is 14.6. The molecule has 1 amide bonds. The molecular weight excluding hydrogens is 767 g/mol. The minimum atomic E-state index is -0.853. The van der Waals surface area contributed by atoms with Gasteiger partial charge in [-0.25, -0.2) is 13.8 Å². The number of rotatable bonds is 8. The predicted molar refractivity (Wildman–Crippen MR) is 210 cm³/mol. The van der Waals surface area contributed by atoms with E-state index in [-0.39, 0.29) is 22.6 Å². The number of halogens is 2. The molecule has 2 atom stereocenters. The second kappa shape index (κ2) is 15.5. The van der Waals surface area contributed by atoms with Crippen LogP contribution in [0.3, 0.4) is 0 Å². The highest BCUT2D eigenvalue weighted by Gasteiger charge is 2.22. The van der Waals surface area contributed by atoms with Crippen molar-refractivity contribution in [2.24, 2.45) is 0 Å². The Bertz CT molecular complexity index is 3150. The van der Waals surface area contributed by atoms with Crippen LogP contribution in [0.1, 0.15) is 43.1 Å². The van der Waals surface area contributed by atoms with E-state index < -0.39 is 29.6 Å². The molecule has 9 heterocycles. The van der Waals surface area contributed by atoms with Crippen molar-refractivity contribution in [3.05, 3.63) is 147 Å². The lowest BCUT2D eigenvalue weighted by Crippen LogP contribution is -2.38. The number of hydrogen-bond acceptors (Lipinski definition) is 13. The number of hydrogen-bond donors (Lipinski definition) is 2. The Kier molecular flexibility index (Phi) is 9.98. The minimum absolute atomic E-state index is 0.0716. The van der Waals surface area contributed by atoms with Gasteiger partial charge >= 0.3 is 0 Å². The minimum Gasteiger partial charge on any atom is -0.356 e. The van der Waals surface area contributed by atoms with Gasteiger partial charge in [-0.1, -0.05) is 10.3 Å². The van der Waals surface area contributed by atoms with Gasteiger partial charge in [0.05, 0.1) is 39.2 Å². The van der Waals surface area contributed by atoms with Crippen LogP contribution in [0.5, 0.6) is 0 Å². The van der Waals surface area contributed by atoms with Gasteiger partial charge in [-0.3, -0.25) is 39.6 Å². The zero-order valence-electron chi connectivity index (χ0n) is 31.7. The summed E-state index contributed by atoms with van der Waals surface area (Å²) in [4.78, 5) is 50.3. The highest BCUT2D eigenvalue weighted by atomic mass is 19.1. The van der Waals surface area contributed by atoms with E-state index >= 15 is 0 Å². The molecule has 9 aromatic heterocycles. The smallest absolute Gasteiger partial charge is 0.261 e.